The van der Waals surface area contributed by atoms with E-state index in [1.54, 1.807) is 12.1 Å². The van der Waals surface area contributed by atoms with Gasteiger partial charge in [-0.3, -0.25) is 14.3 Å². The number of hydrogen-bond acceptors (Lipinski definition) is 5. The Kier molecular flexibility index (Phi) is 7.38. The molecule has 1 aromatic carbocycles. The van der Waals surface area contributed by atoms with Gasteiger partial charge in [-0.2, -0.15) is 0 Å². The molecule has 0 N–H and O–H groups in total. The molecule has 0 unspecified atom stereocenters. The van der Waals surface area contributed by atoms with E-state index in [-0.39, 0.29) is 11.7 Å². The summed E-state index contributed by atoms with van der Waals surface area (Å²) in [6.07, 6.45) is 8.27. The molecule has 6 nitrogen and oxygen atoms in total. The first kappa shape index (κ1) is 21.3. The number of carbonyl (C=O) groups excluding carboxylic acids is 1. The van der Waals surface area contributed by atoms with Crippen molar-refractivity contribution < 1.29 is 9.18 Å². The molecule has 2 aromatic rings. The lowest BCUT2D eigenvalue weighted by atomic mass is 10.1. The normalized spacial score (nSPS) is 18.4. The number of piperidine rings is 1. The highest BCUT2D eigenvalue weighted by Gasteiger charge is 2.21. The van der Waals surface area contributed by atoms with Gasteiger partial charge in [0.05, 0.1) is 12.3 Å². The van der Waals surface area contributed by atoms with Crippen LogP contribution in [0.25, 0.3) is 5.69 Å². The third kappa shape index (κ3) is 5.40. The van der Waals surface area contributed by atoms with Gasteiger partial charge in [0.25, 0.3) is 0 Å². The van der Waals surface area contributed by atoms with Crippen molar-refractivity contribution in [3.63, 3.8) is 0 Å². The van der Waals surface area contributed by atoms with Crippen molar-refractivity contribution in [2.24, 2.45) is 0 Å². The smallest absolute Gasteiger partial charge is 0.233 e. The summed E-state index contributed by atoms with van der Waals surface area (Å²) in [5, 5.41) is 9.54. The lowest BCUT2D eigenvalue weighted by Crippen LogP contribution is -2.33. The van der Waals surface area contributed by atoms with Gasteiger partial charge in [0.1, 0.15) is 5.82 Å². The van der Waals surface area contributed by atoms with E-state index in [1.807, 2.05) is 9.47 Å². The van der Waals surface area contributed by atoms with Crippen LogP contribution in [0.1, 0.15) is 50.8 Å². The summed E-state index contributed by atoms with van der Waals surface area (Å²) in [6, 6.07) is 6.41. The highest BCUT2D eigenvalue weighted by Crippen LogP contribution is 2.24. The van der Waals surface area contributed by atoms with Gasteiger partial charge in [0, 0.05) is 18.8 Å². The van der Waals surface area contributed by atoms with Gasteiger partial charge < -0.3 is 4.90 Å². The molecule has 2 aliphatic heterocycles. The molecular weight excluding hydrogens is 401 g/mol. The number of nitrogens with zero attached hydrogens (tertiary/aromatic N) is 5. The number of rotatable bonds is 6. The van der Waals surface area contributed by atoms with E-state index in [0.717, 1.165) is 50.5 Å². The van der Waals surface area contributed by atoms with Crippen molar-refractivity contribution in [3.05, 3.63) is 35.9 Å². The Labute approximate surface area is 181 Å². The van der Waals surface area contributed by atoms with Gasteiger partial charge >= 0.3 is 0 Å². The van der Waals surface area contributed by atoms with Gasteiger partial charge in [-0.15, -0.1) is 10.2 Å². The average molecular weight is 432 g/mol. The maximum absolute atomic E-state index is 13.5. The van der Waals surface area contributed by atoms with E-state index in [9.17, 15) is 9.18 Å². The zero-order valence-corrected chi connectivity index (χ0v) is 18.2. The standard InChI is InChI=1S/C22H30FN5OS/c23-18-8-10-19(11-9-18)28-20(16-26-12-4-3-5-13-26)24-25-22(28)30-17-21(29)27-14-6-1-2-7-15-27/h8-11H,1-7,12-17H2. The maximum atomic E-state index is 13.5. The molecule has 30 heavy (non-hydrogen) atoms. The van der Waals surface area contributed by atoms with Crippen LogP contribution in [0.3, 0.4) is 0 Å². The van der Waals surface area contributed by atoms with Crippen LogP contribution >= 0.6 is 11.8 Å². The molecule has 2 aliphatic rings. The van der Waals surface area contributed by atoms with Crippen LogP contribution in [0.4, 0.5) is 4.39 Å². The van der Waals surface area contributed by atoms with Crippen LogP contribution in [-0.2, 0) is 11.3 Å². The van der Waals surface area contributed by atoms with Crippen LogP contribution < -0.4 is 0 Å². The quantitative estimate of drug-likeness (QED) is 0.650. The Hall–Kier alpha value is -1.93. The van der Waals surface area contributed by atoms with Crippen molar-refractivity contribution >= 4 is 17.7 Å². The van der Waals surface area contributed by atoms with Crippen LogP contribution in [0.5, 0.6) is 0 Å². The van der Waals surface area contributed by atoms with Crippen molar-refractivity contribution in [1.82, 2.24) is 24.6 Å². The summed E-state index contributed by atoms with van der Waals surface area (Å²) in [7, 11) is 0. The van der Waals surface area contributed by atoms with Crippen molar-refractivity contribution in [2.45, 2.75) is 56.6 Å². The predicted octanol–water partition coefficient (Wildman–Crippen LogP) is 3.89. The van der Waals surface area contributed by atoms with Crippen LogP contribution in [0.2, 0.25) is 0 Å². The average Bonchev–Trinajstić information content (AvgIpc) is 2.97. The van der Waals surface area contributed by atoms with E-state index in [4.69, 9.17) is 0 Å². The van der Waals surface area contributed by atoms with Crippen LogP contribution in [0.15, 0.2) is 29.4 Å². The number of amides is 1. The fraction of sp³-hybridized carbons (Fsp3) is 0.591. The summed E-state index contributed by atoms with van der Waals surface area (Å²) < 4.78 is 15.5. The topological polar surface area (TPSA) is 54.3 Å². The molecule has 162 valence electrons. The van der Waals surface area contributed by atoms with E-state index < -0.39 is 0 Å². The van der Waals surface area contributed by atoms with Crippen molar-refractivity contribution in [2.75, 3.05) is 31.9 Å². The molecule has 4 rings (SSSR count). The Balaban J connectivity index is 1.51. The minimum absolute atomic E-state index is 0.160. The molecule has 0 saturated carbocycles. The summed E-state index contributed by atoms with van der Waals surface area (Å²) >= 11 is 1.42. The molecule has 1 amide bonds. The lowest BCUT2D eigenvalue weighted by Gasteiger charge is -2.26. The molecule has 0 aliphatic carbocycles. The Bertz CT molecular complexity index is 827. The van der Waals surface area contributed by atoms with Gasteiger partial charge in [0.2, 0.25) is 5.91 Å². The van der Waals surface area contributed by atoms with Gasteiger partial charge in [-0.25, -0.2) is 4.39 Å². The summed E-state index contributed by atoms with van der Waals surface area (Å²) in [5.41, 5.74) is 0.832. The molecule has 0 atom stereocenters. The Morgan fingerprint density at radius 3 is 2.23 bits per heavy atom. The molecule has 2 fully saturated rings. The van der Waals surface area contributed by atoms with Crippen LogP contribution in [0, 0.1) is 5.82 Å². The van der Waals surface area contributed by atoms with E-state index >= 15 is 0 Å². The first-order chi connectivity index (χ1) is 14.7. The van der Waals surface area contributed by atoms with Crippen molar-refractivity contribution in [3.8, 4) is 5.69 Å². The fourth-order valence-electron chi connectivity index (χ4n) is 4.20. The molecule has 0 spiro atoms. The number of likely N-dealkylation sites (tertiary alicyclic amines) is 2. The monoisotopic (exact) mass is 431 g/mol. The molecule has 0 bridgehead atoms. The number of thioether (sulfide) groups is 1. The zero-order valence-electron chi connectivity index (χ0n) is 17.4. The van der Waals surface area contributed by atoms with E-state index in [1.165, 1.54) is 56.0 Å². The highest BCUT2D eigenvalue weighted by molar-refractivity contribution is 7.99. The minimum Gasteiger partial charge on any atom is -0.342 e. The van der Waals surface area contributed by atoms with E-state index in [0.29, 0.717) is 17.5 Å². The third-order valence-electron chi connectivity index (χ3n) is 5.88. The first-order valence-corrected chi connectivity index (χ1v) is 12.0. The molecule has 3 heterocycles. The fourth-order valence-corrected chi connectivity index (χ4v) is 5.07. The number of halogens is 1. The SMILES string of the molecule is O=C(CSc1nnc(CN2CCCCC2)n1-c1ccc(F)cc1)N1CCCCCC1. The Morgan fingerprint density at radius 2 is 1.53 bits per heavy atom. The first-order valence-electron chi connectivity index (χ1n) is 11.0. The van der Waals surface area contributed by atoms with Crippen molar-refractivity contribution in [1.29, 1.82) is 0 Å². The summed E-state index contributed by atoms with van der Waals surface area (Å²) in [6.45, 7) is 4.54. The van der Waals surface area contributed by atoms with Crippen LogP contribution in [-0.4, -0.2) is 62.4 Å². The number of carbonyl (C=O) groups is 1. The second kappa shape index (κ2) is 10.4. The van der Waals surface area contributed by atoms with E-state index in [2.05, 4.69) is 15.1 Å². The Morgan fingerprint density at radius 1 is 0.900 bits per heavy atom. The highest BCUT2D eigenvalue weighted by atomic mass is 32.2. The predicted molar refractivity (Wildman–Crippen MR) is 116 cm³/mol. The second-order valence-corrected chi connectivity index (χ2v) is 9.07. The molecular formula is C22H30FN5OS. The molecule has 2 saturated heterocycles. The maximum Gasteiger partial charge on any atom is 0.233 e. The molecule has 8 heteroatoms. The second-order valence-electron chi connectivity index (χ2n) is 8.13. The summed E-state index contributed by atoms with van der Waals surface area (Å²) in [4.78, 5) is 17.1. The van der Waals surface area contributed by atoms with Gasteiger partial charge in [-0.05, 0) is 63.0 Å². The molecule has 0 radical (unpaired) electrons. The number of hydrogen-bond donors (Lipinski definition) is 0. The molecule has 1 aromatic heterocycles. The lowest BCUT2D eigenvalue weighted by molar-refractivity contribution is -0.128. The summed E-state index contributed by atoms with van der Waals surface area (Å²) in [5.74, 6) is 1.08. The number of benzene rings is 1. The van der Waals surface area contributed by atoms with Gasteiger partial charge in [-0.1, -0.05) is 31.0 Å². The largest absolute Gasteiger partial charge is 0.342 e. The minimum atomic E-state index is -0.269. The third-order valence-corrected chi connectivity index (χ3v) is 6.80. The number of aromatic nitrogens is 3. The van der Waals surface area contributed by atoms with Gasteiger partial charge in [0.15, 0.2) is 11.0 Å². The zero-order chi connectivity index (χ0) is 20.8.